The highest BCUT2D eigenvalue weighted by atomic mass is 19.4. The predicted molar refractivity (Wildman–Crippen MR) is 103 cm³/mol. The molecular formula is C18H18F7N5O4. The van der Waals surface area contributed by atoms with Gasteiger partial charge in [-0.05, 0) is 25.2 Å². The molecule has 1 saturated heterocycles. The van der Waals surface area contributed by atoms with Crippen LogP contribution in [0, 0.1) is 0 Å². The maximum Gasteiger partial charge on any atom is 0.490 e. The molecule has 34 heavy (non-hydrogen) atoms. The molecule has 2 heterocycles. The van der Waals surface area contributed by atoms with Crippen molar-refractivity contribution < 1.29 is 45.7 Å². The average Bonchev–Trinajstić information content (AvgIpc) is 2.68. The number of benzene rings is 1. The van der Waals surface area contributed by atoms with Gasteiger partial charge >= 0.3 is 18.3 Å². The lowest BCUT2D eigenvalue weighted by Crippen LogP contribution is -2.46. The van der Waals surface area contributed by atoms with Gasteiger partial charge in [-0.1, -0.05) is 0 Å². The molecular weight excluding hydrogens is 483 g/mol. The predicted octanol–water partition coefficient (Wildman–Crippen LogP) is 2.64. The number of nitrogens with zero attached hydrogens (tertiary/aromatic N) is 3. The van der Waals surface area contributed by atoms with Crippen LogP contribution in [0.4, 0.5) is 36.6 Å². The van der Waals surface area contributed by atoms with E-state index < -0.39 is 41.4 Å². The number of aromatic amines is 1. The average molecular weight is 501 g/mol. The van der Waals surface area contributed by atoms with Crippen molar-refractivity contribution in [3.63, 3.8) is 0 Å². The van der Waals surface area contributed by atoms with E-state index in [1.165, 1.54) is 0 Å². The van der Waals surface area contributed by atoms with Crippen molar-refractivity contribution in [3.05, 3.63) is 34.1 Å². The second kappa shape index (κ2) is 10.2. The number of aliphatic carboxylic acids is 1. The molecule has 0 bridgehead atoms. The summed E-state index contributed by atoms with van der Waals surface area (Å²) in [6.45, 7) is 0.829. The number of likely N-dealkylation sites (N-methyl/N-ethyl adjacent to an activating group) is 1. The van der Waals surface area contributed by atoms with Crippen LogP contribution < -0.4 is 10.9 Å². The number of likely N-dealkylation sites (tertiary alicyclic amines) is 1. The topological polar surface area (TPSA) is 131 Å². The summed E-state index contributed by atoms with van der Waals surface area (Å²) in [5, 5.41) is 27.3. The van der Waals surface area contributed by atoms with Crippen molar-refractivity contribution in [2.24, 2.45) is 0 Å². The third-order valence-electron chi connectivity index (χ3n) is 4.44. The van der Waals surface area contributed by atoms with Crippen LogP contribution in [0.15, 0.2) is 23.0 Å². The van der Waals surface area contributed by atoms with E-state index in [4.69, 9.17) is 9.90 Å². The molecule has 16 heteroatoms. The van der Waals surface area contributed by atoms with E-state index in [-0.39, 0.29) is 29.7 Å². The van der Waals surface area contributed by atoms with Gasteiger partial charge in [0.1, 0.15) is 11.9 Å². The fourth-order valence-electron chi connectivity index (χ4n) is 3.01. The second-order valence-electron chi connectivity index (χ2n) is 7.28. The van der Waals surface area contributed by atoms with Crippen molar-refractivity contribution in [2.45, 2.75) is 31.0 Å². The number of aromatic hydroxyl groups is 1. The Balaban J connectivity index is 0.000000509. The maximum atomic E-state index is 13.6. The number of hydrogen-bond acceptors (Lipinski definition) is 7. The molecule has 1 aliphatic heterocycles. The van der Waals surface area contributed by atoms with E-state index in [1.54, 1.807) is 11.9 Å². The minimum atomic E-state index is -5.08. The highest BCUT2D eigenvalue weighted by Crippen LogP contribution is 2.35. The molecule has 1 aromatic heterocycles. The van der Waals surface area contributed by atoms with Gasteiger partial charge in [0, 0.05) is 25.6 Å². The minimum absolute atomic E-state index is 0.0969. The number of nitrogens with one attached hydrogen (secondary N) is 2. The summed E-state index contributed by atoms with van der Waals surface area (Å²) in [5.74, 6) is -3.75. The number of halogens is 7. The SMILES string of the molecule is CN1C[C@@H](F)C[C@@H](Nc2nnc(-c3ccc(C(F)(F)F)cc3O)[nH]c2=O)C1.O=C(O)C(F)(F)F. The van der Waals surface area contributed by atoms with E-state index in [9.17, 15) is 40.6 Å². The molecule has 0 spiro atoms. The lowest BCUT2D eigenvalue weighted by molar-refractivity contribution is -0.192. The number of hydrogen-bond donors (Lipinski definition) is 4. The number of piperidine rings is 1. The Morgan fingerprint density at radius 2 is 1.79 bits per heavy atom. The Bertz CT molecular complexity index is 1060. The number of alkyl halides is 7. The van der Waals surface area contributed by atoms with Crippen LogP contribution in [0.2, 0.25) is 0 Å². The summed E-state index contributed by atoms with van der Waals surface area (Å²) in [6, 6.07) is 1.97. The number of carbonyl (C=O) groups is 1. The Kier molecular flexibility index (Phi) is 8.07. The van der Waals surface area contributed by atoms with Crippen LogP contribution >= 0.6 is 0 Å². The fourth-order valence-corrected chi connectivity index (χ4v) is 3.01. The van der Waals surface area contributed by atoms with Gasteiger partial charge in [0.2, 0.25) is 5.82 Å². The molecule has 1 aromatic carbocycles. The first-order valence-electron chi connectivity index (χ1n) is 9.34. The van der Waals surface area contributed by atoms with Crippen LogP contribution in [-0.2, 0) is 11.0 Å². The first kappa shape index (κ1) is 26.8. The number of phenolic OH excluding ortho intramolecular Hbond substituents is 1. The molecule has 1 fully saturated rings. The van der Waals surface area contributed by atoms with Gasteiger partial charge in [-0.25, -0.2) is 9.18 Å². The van der Waals surface area contributed by atoms with Crippen molar-refractivity contribution in [1.82, 2.24) is 20.1 Å². The lowest BCUT2D eigenvalue weighted by atomic mass is 10.1. The Morgan fingerprint density at radius 3 is 2.26 bits per heavy atom. The number of rotatable bonds is 3. The molecule has 0 saturated carbocycles. The zero-order chi connectivity index (χ0) is 25.8. The number of H-pyrrole nitrogens is 1. The second-order valence-corrected chi connectivity index (χ2v) is 7.28. The van der Waals surface area contributed by atoms with Gasteiger partial charge in [-0.3, -0.25) is 4.79 Å². The van der Waals surface area contributed by atoms with E-state index in [0.717, 1.165) is 12.1 Å². The van der Waals surface area contributed by atoms with Crippen molar-refractivity contribution in [2.75, 3.05) is 25.5 Å². The fraction of sp³-hybridized carbons (Fsp3) is 0.444. The number of carboxylic acid groups (broad SMARTS) is 1. The quantitative estimate of drug-likeness (QED) is 0.473. The van der Waals surface area contributed by atoms with Gasteiger partial charge in [-0.15, -0.1) is 10.2 Å². The highest BCUT2D eigenvalue weighted by Gasteiger charge is 2.38. The van der Waals surface area contributed by atoms with E-state index in [0.29, 0.717) is 19.2 Å². The monoisotopic (exact) mass is 501 g/mol. The molecule has 2 aromatic rings. The number of anilines is 1. The number of phenols is 1. The van der Waals surface area contributed by atoms with Crippen molar-refractivity contribution in [3.8, 4) is 17.1 Å². The molecule has 0 amide bonds. The molecule has 9 nitrogen and oxygen atoms in total. The van der Waals surface area contributed by atoms with Gasteiger partial charge < -0.3 is 25.4 Å². The number of carboxylic acids is 1. The van der Waals surface area contributed by atoms with Gasteiger partial charge in [-0.2, -0.15) is 26.3 Å². The van der Waals surface area contributed by atoms with Crippen LogP contribution in [0.25, 0.3) is 11.4 Å². The summed E-state index contributed by atoms with van der Waals surface area (Å²) in [6.07, 6.45) is -10.5. The van der Waals surface area contributed by atoms with Gasteiger partial charge in [0.15, 0.2) is 5.82 Å². The summed E-state index contributed by atoms with van der Waals surface area (Å²) in [7, 11) is 1.76. The molecule has 2 atom stereocenters. The van der Waals surface area contributed by atoms with Crippen LogP contribution in [-0.4, -0.2) is 74.8 Å². The zero-order valence-corrected chi connectivity index (χ0v) is 17.2. The maximum absolute atomic E-state index is 13.6. The molecule has 188 valence electrons. The largest absolute Gasteiger partial charge is 0.507 e. The summed E-state index contributed by atoms with van der Waals surface area (Å²) in [5.41, 5.74) is -1.80. The first-order valence-corrected chi connectivity index (χ1v) is 9.34. The van der Waals surface area contributed by atoms with Crippen molar-refractivity contribution in [1.29, 1.82) is 0 Å². The third-order valence-corrected chi connectivity index (χ3v) is 4.44. The number of aromatic nitrogens is 3. The van der Waals surface area contributed by atoms with Crippen LogP contribution in [0.3, 0.4) is 0 Å². The van der Waals surface area contributed by atoms with E-state index >= 15 is 0 Å². The highest BCUT2D eigenvalue weighted by molar-refractivity contribution is 5.73. The molecule has 0 unspecified atom stereocenters. The lowest BCUT2D eigenvalue weighted by Gasteiger charge is -2.32. The third kappa shape index (κ3) is 7.29. The molecule has 3 rings (SSSR count). The van der Waals surface area contributed by atoms with Crippen LogP contribution in [0.1, 0.15) is 12.0 Å². The Labute approximate surface area is 186 Å². The van der Waals surface area contributed by atoms with Gasteiger partial charge in [0.05, 0.1) is 11.1 Å². The molecule has 4 N–H and O–H groups in total. The summed E-state index contributed by atoms with van der Waals surface area (Å²) >= 11 is 0. The summed E-state index contributed by atoms with van der Waals surface area (Å²) in [4.78, 5) is 25.2. The van der Waals surface area contributed by atoms with E-state index in [1.807, 2.05) is 0 Å². The molecule has 0 radical (unpaired) electrons. The zero-order valence-electron chi connectivity index (χ0n) is 17.2. The smallest absolute Gasteiger partial charge is 0.490 e. The summed E-state index contributed by atoms with van der Waals surface area (Å²) < 4.78 is 83.3. The normalized spacial score (nSPS) is 19.2. The van der Waals surface area contributed by atoms with Gasteiger partial charge in [0.25, 0.3) is 5.56 Å². The Morgan fingerprint density at radius 1 is 1.18 bits per heavy atom. The van der Waals surface area contributed by atoms with Crippen molar-refractivity contribution >= 4 is 11.8 Å². The molecule has 1 aliphatic rings. The molecule has 0 aliphatic carbocycles. The van der Waals surface area contributed by atoms with Crippen LogP contribution in [0.5, 0.6) is 5.75 Å². The standard InChI is InChI=1S/C16H17F4N5O2.C2HF3O2/c1-25-6-9(17)5-10(7-25)21-14-15(27)22-13(23-24-14)11-3-2-8(4-12(11)26)16(18,19)20;3-2(4,5)1(6)7/h2-4,9-10,26H,5-7H2,1H3,(H,21,24)(H,22,23,27);(H,6,7)/t9-,10+;/m0./s1. The Hall–Kier alpha value is -3.43. The minimum Gasteiger partial charge on any atom is -0.507 e. The van der Waals surface area contributed by atoms with E-state index in [2.05, 4.69) is 20.5 Å². The first-order chi connectivity index (χ1) is 15.6.